The van der Waals surface area contributed by atoms with Gasteiger partial charge < -0.3 is 9.47 Å². The van der Waals surface area contributed by atoms with Crippen molar-refractivity contribution < 1.29 is 4.79 Å². The van der Waals surface area contributed by atoms with Crippen LogP contribution in [0.15, 0.2) is 6.33 Å². The summed E-state index contributed by atoms with van der Waals surface area (Å²) in [6.45, 7) is 1.79. The number of amides is 1. The Labute approximate surface area is 132 Å². The summed E-state index contributed by atoms with van der Waals surface area (Å²) in [4.78, 5) is 15.0. The van der Waals surface area contributed by atoms with Crippen molar-refractivity contribution in [2.75, 3.05) is 13.1 Å². The minimum atomic E-state index is 0.259. The van der Waals surface area contributed by atoms with E-state index in [0.717, 1.165) is 31.8 Å². The maximum Gasteiger partial charge on any atom is 0.225 e. The zero-order valence-corrected chi connectivity index (χ0v) is 13.5. The molecule has 3 aliphatic rings. The smallest absolute Gasteiger partial charge is 0.225 e. The molecule has 1 atom stereocenters. The van der Waals surface area contributed by atoms with Gasteiger partial charge in [-0.2, -0.15) is 0 Å². The minimum absolute atomic E-state index is 0.259. The van der Waals surface area contributed by atoms with Crippen LogP contribution in [0.25, 0.3) is 0 Å². The molecule has 5 heteroatoms. The number of aryl methyl sites for hydroxylation is 1. The standard InChI is InChI=1S/C17H26N4O/c1-20-12-18-19-15(20)14-10-21(11-17(14)8-4-5-9-17)16(22)13-6-2-3-7-13/h12-14H,2-11H2,1H3. The van der Waals surface area contributed by atoms with Gasteiger partial charge in [0.1, 0.15) is 12.2 Å². The fourth-order valence-corrected chi connectivity index (χ4v) is 5.12. The zero-order valence-electron chi connectivity index (χ0n) is 13.5. The first-order valence-electron chi connectivity index (χ1n) is 8.82. The van der Waals surface area contributed by atoms with Gasteiger partial charge in [0.25, 0.3) is 0 Å². The molecule has 5 nitrogen and oxygen atoms in total. The predicted octanol–water partition coefficient (Wildman–Crippen LogP) is 2.49. The fourth-order valence-electron chi connectivity index (χ4n) is 5.12. The molecule has 1 aromatic heterocycles. The second-order valence-electron chi connectivity index (χ2n) is 7.62. The van der Waals surface area contributed by atoms with Crippen molar-refractivity contribution >= 4 is 5.91 Å². The highest BCUT2D eigenvalue weighted by atomic mass is 16.2. The quantitative estimate of drug-likeness (QED) is 0.843. The average molecular weight is 302 g/mol. The molecule has 3 fully saturated rings. The lowest BCUT2D eigenvalue weighted by Crippen LogP contribution is -2.35. The molecule has 120 valence electrons. The van der Waals surface area contributed by atoms with Crippen LogP contribution in [-0.2, 0) is 11.8 Å². The van der Waals surface area contributed by atoms with Crippen LogP contribution in [0.1, 0.15) is 63.1 Å². The van der Waals surface area contributed by atoms with Crippen molar-refractivity contribution in [1.82, 2.24) is 19.7 Å². The Hall–Kier alpha value is -1.39. The third-order valence-electron chi connectivity index (χ3n) is 6.32. The summed E-state index contributed by atoms with van der Waals surface area (Å²) < 4.78 is 2.05. The first-order chi connectivity index (χ1) is 10.7. The molecular formula is C17H26N4O. The van der Waals surface area contributed by atoms with E-state index in [1.165, 1.54) is 38.5 Å². The van der Waals surface area contributed by atoms with Crippen molar-refractivity contribution in [1.29, 1.82) is 0 Å². The van der Waals surface area contributed by atoms with E-state index in [1.807, 2.05) is 11.6 Å². The van der Waals surface area contributed by atoms with Crippen LogP contribution in [0.5, 0.6) is 0 Å². The van der Waals surface area contributed by atoms with Gasteiger partial charge >= 0.3 is 0 Å². The Morgan fingerprint density at radius 3 is 2.59 bits per heavy atom. The maximum absolute atomic E-state index is 12.9. The van der Waals surface area contributed by atoms with Gasteiger partial charge in [0.05, 0.1) is 0 Å². The third kappa shape index (κ3) is 2.17. The zero-order chi connectivity index (χ0) is 15.2. The SMILES string of the molecule is Cn1cnnc1C1CN(C(=O)C2CCCC2)CC12CCCC2. The monoisotopic (exact) mass is 302 g/mol. The number of nitrogens with zero attached hydrogens (tertiary/aromatic N) is 4. The molecule has 1 aliphatic heterocycles. The van der Waals surface area contributed by atoms with Gasteiger partial charge in [0.2, 0.25) is 5.91 Å². The van der Waals surface area contributed by atoms with Crippen LogP contribution >= 0.6 is 0 Å². The van der Waals surface area contributed by atoms with E-state index < -0.39 is 0 Å². The lowest BCUT2D eigenvalue weighted by molar-refractivity contribution is -0.134. The normalized spacial score (nSPS) is 28.0. The van der Waals surface area contributed by atoms with Crippen molar-refractivity contribution in [3.63, 3.8) is 0 Å². The third-order valence-corrected chi connectivity index (χ3v) is 6.32. The van der Waals surface area contributed by atoms with Gasteiger partial charge in [-0.3, -0.25) is 4.79 Å². The Morgan fingerprint density at radius 1 is 1.23 bits per heavy atom. The molecule has 1 spiro atoms. The molecule has 22 heavy (non-hydrogen) atoms. The molecule has 0 N–H and O–H groups in total. The second kappa shape index (κ2) is 5.36. The summed E-state index contributed by atoms with van der Waals surface area (Å²) in [6.07, 6.45) is 11.5. The number of likely N-dealkylation sites (tertiary alicyclic amines) is 1. The van der Waals surface area contributed by atoms with Gasteiger partial charge in [-0.1, -0.05) is 25.7 Å². The fraction of sp³-hybridized carbons (Fsp3) is 0.824. The Kier molecular flexibility index (Phi) is 3.46. The van der Waals surface area contributed by atoms with Crippen LogP contribution < -0.4 is 0 Å². The second-order valence-corrected chi connectivity index (χ2v) is 7.62. The first-order valence-corrected chi connectivity index (χ1v) is 8.82. The predicted molar refractivity (Wildman–Crippen MR) is 83.2 cm³/mol. The molecule has 0 bridgehead atoms. The van der Waals surface area contributed by atoms with E-state index in [-0.39, 0.29) is 11.3 Å². The van der Waals surface area contributed by atoms with E-state index >= 15 is 0 Å². The summed E-state index contributed by atoms with van der Waals surface area (Å²) in [7, 11) is 2.03. The van der Waals surface area contributed by atoms with Crippen LogP contribution in [0, 0.1) is 11.3 Å². The molecule has 4 rings (SSSR count). The summed E-state index contributed by atoms with van der Waals surface area (Å²) in [5, 5.41) is 8.46. The number of aromatic nitrogens is 3. The summed E-state index contributed by atoms with van der Waals surface area (Å²) in [5.41, 5.74) is 0.259. The maximum atomic E-state index is 12.9. The van der Waals surface area contributed by atoms with Gasteiger partial charge in [0.15, 0.2) is 0 Å². The van der Waals surface area contributed by atoms with Crippen molar-refractivity contribution in [3.05, 3.63) is 12.2 Å². The number of rotatable bonds is 2. The molecule has 2 heterocycles. The number of carbonyl (C=O) groups excluding carboxylic acids is 1. The topological polar surface area (TPSA) is 51.0 Å². The highest BCUT2D eigenvalue weighted by molar-refractivity contribution is 5.79. The Morgan fingerprint density at radius 2 is 1.95 bits per heavy atom. The van der Waals surface area contributed by atoms with Gasteiger partial charge in [-0.05, 0) is 31.1 Å². The highest BCUT2D eigenvalue weighted by Crippen LogP contribution is 2.53. The molecule has 2 aliphatic carbocycles. The van der Waals surface area contributed by atoms with Gasteiger partial charge in [-0.15, -0.1) is 10.2 Å². The first kappa shape index (κ1) is 14.2. The molecule has 1 amide bonds. The molecule has 2 saturated carbocycles. The Balaban J connectivity index is 1.60. The Bertz CT molecular complexity index is 555. The van der Waals surface area contributed by atoms with E-state index in [2.05, 4.69) is 15.1 Å². The van der Waals surface area contributed by atoms with Crippen molar-refractivity contribution in [2.45, 2.75) is 57.3 Å². The molecule has 0 radical (unpaired) electrons. The van der Waals surface area contributed by atoms with Crippen LogP contribution in [0.2, 0.25) is 0 Å². The molecule has 1 unspecified atom stereocenters. The largest absolute Gasteiger partial charge is 0.341 e. The van der Waals surface area contributed by atoms with E-state index in [9.17, 15) is 4.79 Å². The summed E-state index contributed by atoms with van der Waals surface area (Å²) >= 11 is 0. The molecule has 0 aromatic carbocycles. The highest BCUT2D eigenvalue weighted by Gasteiger charge is 2.52. The summed E-state index contributed by atoms with van der Waals surface area (Å²) in [6, 6.07) is 0. The molecule has 1 saturated heterocycles. The molecular weight excluding hydrogens is 276 g/mol. The minimum Gasteiger partial charge on any atom is -0.341 e. The number of hydrogen-bond acceptors (Lipinski definition) is 3. The van der Waals surface area contributed by atoms with E-state index in [0.29, 0.717) is 11.8 Å². The van der Waals surface area contributed by atoms with Crippen LogP contribution in [0.3, 0.4) is 0 Å². The van der Waals surface area contributed by atoms with Crippen LogP contribution in [0.4, 0.5) is 0 Å². The lowest BCUT2D eigenvalue weighted by atomic mass is 9.76. The van der Waals surface area contributed by atoms with Crippen molar-refractivity contribution in [2.24, 2.45) is 18.4 Å². The van der Waals surface area contributed by atoms with E-state index in [4.69, 9.17) is 0 Å². The van der Waals surface area contributed by atoms with Gasteiger partial charge in [0, 0.05) is 32.0 Å². The average Bonchev–Trinajstić information content (AvgIpc) is 3.28. The van der Waals surface area contributed by atoms with Gasteiger partial charge in [-0.25, -0.2) is 0 Å². The molecule has 1 aromatic rings. The van der Waals surface area contributed by atoms with Crippen molar-refractivity contribution in [3.8, 4) is 0 Å². The number of carbonyl (C=O) groups is 1. The lowest BCUT2D eigenvalue weighted by Gasteiger charge is -2.29. The van der Waals surface area contributed by atoms with Crippen LogP contribution in [-0.4, -0.2) is 38.7 Å². The van der Waals surface area contributed by atoms with E-state index in [1.54, 1.807) is 6.33 Å². The summed E-state index contributed by atoms with van der Waals surface area (Å²) in [5.74, 6) is 2.14. The number of hydrogen-bond donors (Lipinski definition) is 0.